The van der Waals surface area contributed by atoms with Gasteiger partial charge in [0.1, 0.15) is 5.75 Å². The highest BCUT2D eigenvalue weighted by Crippen LogP contribution is 2.28. The van der Waals surface area contributed by atoms with Crippen LogP contribution in [0.25, 0.3) is 0 Å². The quantitative estimate of drug-likeness (QED) is 0.789. The van der Waals surface area contributed by atoms with Crippen LogP contribution in [-0.4, -0.2) is 18.6 Å². The lowest BCUT2D eigenvalue weighted by molar-refractivity contribution is -0.253. The molecule has 1 aromatic carbocycles. The normalized spacial score (nSPS) is 17.2. The molecule has 1 saturated carbocycles. The van der Waals surface area contributed by atoms with E-state index in [0.29, 0.717) is 12.6 Å². The van der Waals surface area contributed by atoms with Crippen LogP contribution in [0.15, 0.2) is 24.3 Å². The summed E-state index contributed by atoms with van der Waals surface area (Å²) in [6.45, 7) is 0.516. The Bertz CT molecular complexity index is 447. The van der Waals surface area contributed by atoms with Crippen molar-refractivity contribution in [3.63, 3.8) is 0 Å². The molecule has 0 radical (unpaired) electrons. The first-order chi connectivity index (χ1) is 9.97. The summed E-state index contributed by atoms with van der Waals surface area (Å²) in [6, 6.07) is 6.33. The number of benzene rings is 1. The Morgan fingerprint density at radius 2 is 1.90 bits per heavy atom. The van der Waals surface area contributed by atoms with Gasteiger partial charge in [0, 0.05) is 12.6 Å². The molecule has 0 atom stereocenters. The van der Waals surface area contributed by atoms with Crippen molar-refractivity contribution in [3.05, 3.63) is 29.8 Å². The zero-order valence-electron chi connectivity index (χ0n) is 11.6. The molecule has 1 aromatic rings. The smallest absolute Gasteiger partial charge is 0.428 e. The van der Waals surface area contributed by atoms with Crippen LogP contribution in [0.1, 0.15) is 37.7 Å². The average Bonchev–Trinajstić information content (AvgIpc) is 2.46. The fraction of sp³-hybridized carbons (Fsp3) is 0.600. The van der Waals surface area contributed by atoms with Crippen molar-refractivity contribution in [1.29, 1.82) is 0 Å². The molecule has 2 rings (SSSR count). The molecular weight excluding hydrogens is 286 g/mol. The van der Waals surface area contributed by atoms with Crippen LogP contribution < -0.4 is 10.1 Å². The Morgan fingerprint density at radius 3 is 2.57 bits per heavy atom. The fourth-order valence-corrected chi connectivity index (χ4v) is 2.49. The second kappa shape index (κ2) is 7.11. The molecule has 0 aromatic heterocycles. The van der Waals surface area contributed by atoms with Gasteiger partial charge in [-0.05, 0) is 30.5 Å². The fourth-order valence-electron chi connectivity index (χ4n) is 2.49. The Labute approximate surface area is 121 Å². The van der Waals surface area contributed by atoms with Crippen LogP contribution in [-0.2, 0) is 6.54 Å². The summed E-state index contributed by atoms with van der Waals surface area (Å²) in [7, 11) is 0. The SMILES string of the molecule is FC(F)C(F)(F)Oc1cccc(CNC2CCCCC2)c1. The van der Waals surface area contributed by atoms with Gasteiger partial charge in [0.15, 0.2) is 0 Å². The van der Waals surface area contributed by atoms with E-state index in [1.54, 1.807) is 6.07 Å². The van der Waals surface area contributed by atoms with Crippen LogP contribution in [0.2, 0.25) is 0 Å². The lowest BCUT2D eigenvalue weighted by Gasteiger charge is -2.23. The van der Waals surface area contributed by atoms with Crippen LogP contribution in [0.4, 0.5) is 17.6 Å². The van der Waals surface area contributed by atoms with E-state index in [2.05, 4.69) is 10.1 Å². The average molecular weight is 305 g/mol. The topological polar surface area (TPSA) is 21.3 Å². The molecule has 0 bridgehead atoms. The van der Waals surface area contributed by atoms with Gasteiger partial charge in [-0.3, -0.25) is 0 Å². The first kappa shape index (κ1) is 16.1. The molecule has 21 heavy (non-hydrogen) atoms. The standard InChI is InChI=1S/C15H19F4NO/c16-14(17)15(18,19)21-13-8-4-5-11(9-13)10-20-12-6-2-1-3-7-12/h4-5,8-9,12,14,20H,1-3,6-7,10H2. The van der Waals surface area contributed by atoms with Gasteiger partial charge in [-0.25, -0.2) is 0 Å². The van der Waals surface area contributed by atoms with Crippen molar-refractivity contribution in [2.75, 3.05) is 0 Å². The summed E-state index contributed by atoms with van der Waals surface area (Å²) in [4.78, 5) is 0. The molecular formula is C15H19F4NO. The van der Waals surface area contributed by atoms with Crippen molar-refractivity contribution in [1.82, 2.24) is 5.32 Å². The molecule has 118 valence electrons. The van der Waals surface area contributed by atoms with Crippen LogP contribution in [0.3, 0.4) is 0 Å². The number of halogens is 4. The molecule has 1 N–H and O–H groups in total. The van der Waals surface area contributed by atoms with Gasteiger partial charge in [0.05, 0.1) is 0 Å². The molecule has 1 aliphatic carbocycles. The van der Waals surface area contributed by atoms with Gasteiger partial charge in [0.25, 0.3) is 0 Å². The van der Waals surface area contributed by atoms with Gasteiger partial charge in [0.2, 0.25) is 0 Å². The van der Waals surface area contributed by atoms with Crippen LogP contribution >= 0.6 is 0 Å². The molecule has 1 aliphatic rings. The number of ether oxygens (including phenoxy) is 1. The number of hydrogen-bond acceptors (Lipinski definition) is 2. The molecule has 0 aliphatic heterocycles. The third-order valence-corrected chi connectivity index (χ3v) is 3.61. The van der Waals surface area contributed by atoms with Crippen LogP contribution in [0, 0.1) is 0 Å². The maximum Gasteiger partial charge on any atom is 0.461 e. The number of alkyl halides is 4. The minimum absolute atomic E-state index is 0.247. The van der Waals surface area contributed by atoms with Crippen LogP contribution in [0.5, 0.6) is 5.75 Å². The lowest BCUT2D eigenvalue weighted by Crippen LogP contribution is -2.33. The summed E-state index contributed by atoms with van der Waals surface area (Å²) in [6.07, 6.45) is -2.44. The molecule has 6 heteroatoms. The van der Waals surface area contributed by atoms with Crippen molar-refractivity contribution in [2.24, 2.45) is 0 Å². The van der Waals surface area contributed by atoms with Crippen molar-refractivity contribution in [2.45, 2.75) is 57.2 Å². The summed E-state index contributed by atoms with van der Waals surface area (Å²) in [5.41, 5.74) is 0.739. The maximum absolute atomic E-state index is 12.9. The number of hydrogen-bond donors (Lipinski definition) is 1. The van der Waals surface area contributed by atoms with Gasteiger partial charge in [-0.15, -0.1) is 0 Å². The van der Waals surface area contributed by atoms with Gasteiger partial charge >= 0.3 is 12.5 Å². The van der Waals surface area contributed by atoms with E-state index in [1.807, 2.05) is 0 Å². The predicted molar refractivity (Wildman–Crippen MR) is 71.7 cm³/mol. The third-order valence-electron chi connectivity index (χ3n) is 3.61. The van der Waals surface area contributed by atoms with E-state index in [4.69, 9.17) is 0 Å². The lowest BCUT2D eigenvalue weighted by atomic mass is 9.95. The highest BCUT2D eigenvalue weighted by molar-refractivity contribution is 5.28. The van der Waals surface area contributed by atoms with Crippen molar-refractivity contribution < 1.29 is 22.3 Å². The van der Waals surface area contributed by atoms with Gasteiger partial charge < -0.3 is 10.1 Å². The van der Waals surface area contributed by atoms with Gasteiger partial charge in [-0.1, -0.05) is 31.4 Å². The van der Waals surface area contributed by atoms with E-state index in [-0.39, 0.29) is 5.75 Å². The molecule has 0 heterocycles. The second-order valence-electron chi connectivity index (χ2n) is 5.33. The molecule has 0 unspecified atom stereocenters. The van der Waals surface area contributed by atoms with Crippen molar-refractivity contribution in [3.8, 4) is 5.75 Å². The Hall–Kier alpha value is -1.30. The maximum atomic E-state index is 12.9. The molecule has 0 amide bonds. The number of rotatable bonds is 6. The van der Waals surface area contributed by atoms with E-state index in [9.17, 15) is 17.6 Å². The van der Waals surface area contributed by atoms with E-state index in [1.165, 1.54) is 37.5 Å². The van der Waals surface area contributed by atoms with Gasteiger partial charge in [-0.2, -0.15) is 17.6 Å². The zero-order valence-corrected chi connectivity index (χ0v) is 11.6. The highest BCUT2D eigenvalue weighted by Gasteiger charge is 2.43. The number of nitrogens with one attached hydrogen (secondary N) is 1. The first-order valence-corrected chi connectivity index (χ1v) is 7.14. The molecule has 2 nitrogen and oxygen atoms in total. The van der Waals surface area contributed by atoms with E-state index < -0.39 is 12.5 Å². The summed E-state index contributed by atoms with van der Waals surface area (Å²) < 4.78 is 54.0. The second-order valence-corrected chi connectivity index (χ2v) is 5.33. The molecule has 0 spiro atoms. The monoisotopic (exact) mass is 305 g/mol. The van der Waals surface area contributed by atoms with Crippen molar-refractivity contribution >= 4 is 0 Å². The van der Waals surface area contributed by atoms with E-state index >= 15 is 0 Å². The largest absolute Gasteiger partial charge is 0.461 e. The highest BCUT2D eigenvalue weighted by atomic mass is 19.3. The first-order valence-electron chi connectivity index (χ1n) is 7.14. The minimum Gasteiger partial charge on any atom is -0.428 e. The molecule has 1 fully saturated rings. The Balaban J connectivity index is 1.91. The van der Waals surface area contributed by atoms with E-state index in [0.717, 1.165) is 18.4 Å². The third kappa shape index (κ3) is 4.88. The Morgan fingerprint density at radius 1 is 1.19 bits per heavy atom. The molecule has 0 saturated heterocycles. The summed E-state index contributed by atoms with van der Waals surface area (Å²) in [5, 5.41) is 3.36. The summed E-state index contributed by atoms with van der Waals surface area (Å²) in [5.74, 6) is -0.247. The zero-order chi connectivity index (χ0) is 15.3. The Kier molecular flexibility index (Phi) is 5.45. The summed E-state index contributed by atoms with van der Waals surface area (Å²) >= 11 is 0. The predicted octanol–water partition coefficient (Wildman–Crippen LogP) is 4.35. The minimum atomic E-state index is -4.46.